The van der Waals surface area contributed by atoms with Gasteiger partial charge in [0.15, 0.2) is 11.7 Å². The van der Waals surface area contributed by atoms with Crippen molar-refractivity contribution in [1.82, 2.24) is 4.72 Å². The maximum Gasteiger partial charge on any atom is 0.397 e. The van der Waals surface area contributed by atoms with Crippen molar-refractivity contribution < 1.29 is 69.6 Å². The number of carboxylic acids is 1. The lowest BCUT2D eigenvalue weighted by Crippen LogP contribution is -2.70. The quantitative estimate of drug-likeness (QED) is 0.136. The molecule has 7 N–H and O–H groups in total. The van der Waals surface area contributed by atoms with Gasteiger partial charge in [0.25, 0.3) is 0 Å². The van der Waals surface area contributed by atoms with E-state index in [4.69, 9.17) is 18.8 Å². The lowest BCUT2D eigenvalue weighted by atomic mass is 9.70. The summed E-state index contributed by atoms with van der Waals surface area (Å²) in [6.07, 6.45) is -5.82. The average molecular weight is 566 g/mol. The van der Waals surface area contributed by atoms with Gasteiger partial charge in [-0.2, -0.15) is 21.6 Å². The molecule has 2 heterocycles. The van der Waals surface area contributed by atoms with Gasteiger partial charge in [-0.25, -0.2) is 8.98 Å². The van der Waals surface area contributed by atoms with E-state index in [0.717, 1.165) is 6.92 Å². The van der Waals surface area contributed by atoms with Crippen LogP contribution in [0.1, 0.15) is 27.7 Å². The minimum Gasteiger partial charge on any atom is -0.475 e. The van der Waals surface area contributed by atoms with Crippen LogP contribution in [-0.2, 0) is 43.9 Å². The molecule has 36 heavy (non-hydrogen) atoms. The van der Waals surface area contributed by atoms with Crippen LogP contribution in [0.5, 0.6) is 0 Å². The Morgan fingerprint density at radius 3 is 2.17 bits per heavy atom. The zero-order valence-electron chi connectivity index (χ0n) is 19.8. The van der Waals surface area contributed by atoms with Gasteiger partial charge < -0.3 is 34.6 Å². The minimum absolute atomic E-state index is 0.515. The first-order chi connectivity index (χ1) is 16.2. The van der Waals surface area contributed by atoms with Crippen molar-refractivity contribution in [3.8, 4) is 0 Å². The molecule has 0 aromatic carbocycles. The standard InChI is InChI=1S/C18H31NO15S2/c1-16(2)12(19-35(25,26)27)13(22)17(3,11(6-20)33-16)7-31-8-18(4)14(34-36(28,29)30)9(21)5-10(32-18)15(23)24/h5,9,11-14,19-22H,6-8H2,1-4H3,(H,23,24)(H,25,26,27)(H,28,29,30)/t9-,11?,12?,13+,14?,17-,18-/m1/s1. The molecule has 2 aliphatic rings. The maximum atomic E-state index is 11.4. The van der Waals surface area contributed by atoms with Crippen molar-refractivity contribution in [2.45, 2.75) is 69.4 Å². The molecule has 0 aliphatic carbocycles. The van der Waals surface area contributed by atoms with Crippen molar-refractivity contribution in [2.24, 2.45) is 5.41 Å². The van der Waals surface area contributed by atoms with Crippen LogP contribution in [0.2, 0.25) is 0 Å². The smallest absolute Gasteiger partial charge is 0.397 e. The van der Waals surface area contributed by atoms with Gasteiger partial charge in [-0.3, -0.25) is 9.11 Å². The summed E-state index contributed by atoms with van der Waals surface area (Å²) < 4.78 is 86.8. The van der Waals surface area contributed by atoms with Crippen molar-refractivity contribution in [3.05, 3.63) is 11.8 Å². The summed E-state index contributed by atoms with van der Waals surface area (Å²) in [6, 6.07) is -1.41. The van der Waals surface area contributed by atoms with E-state index in [2.05, 4.69) is 4.18 Å². The van der Waals surface area contributed by atoms with Crippen LogP contribution >= 0.6 is 0 Å². The first-order valence-corrected chi connectivity index (χ1v) is 13.2. The van der Waals surface area contributed by atoms with Gasteiger partial charge in [-0.15, -0.1) is 0 Å². The van der Waals surface area contributed by atoms with Gasteiger partial charge in [-0.1, -0.05) is 6.92 Å². The molecule has 210 valence electrons. The summed E-state index contributed by atoms with van der Waals surface area (Å²) >= 11 is 0. The topological polar surface area (TPSA) is 256 Å². The van der Waals surface area contributed by atoms with Crippen LogP contribution in [0.15, 0.2) is 11.8 Å². The van der Waals surface area contributed by atoms with E-state index in [-0.39, 0.29) is 0 Å². The summed E-state index contributed by atoms with van der Waals surface area (Å²) in [5.74, 6) is -2.36. The third-order valence-corrected chi connectivity index (χ3v) is 7.18. The van der Waals surface area contributed by atoms with Gasteiger partial charge in [0.2, 0.25) is 5.76 Å². The third-order valence-electron chi connectivity index (χ3n) is 6.18. The van der Waals surface area contributed by atoms with Crippen LogP contribution in [0.3, 0.4) is 0 Å². The number of aliphatic carboxylic acids is 1. The summed E-state index contributed by atoms with van der Waals surface area (Å²) in [5.41, 5.74) is -4.98. The van der Waals surface area contributed by atoms with Gasteiger partial charge in [0.05, 0.1) is 43.7 Å². The highest BCUT2D eigenvalue weighted by Crippen LogP contribution is 2.42. The Morgan fingerprint density at radius 1 is 1.11 bits per heavy atom. The number of rotatable bonds is 10. The zero-order valence-corrected chi connectivity index (χ0v) is 21.4. The molecule has 0 bridgehead atoms. The van der Waals surface area contributed by atoms with E-state index in [1.165, 1.54) is 20.8 Å². The molecular formula is C18H31NO15S2. The molecule has 0 spiro atoms. The Kier molecular flexibility index (Phi) is 8.86. The molecule has 0 radical (unpaired) electrons. The monoisotopic (exact) mass is 565 g/mol. The maximum absolute atomic E-state index is 11.4. The van der Waals surface area contributed by atoms with E-state index in [1.54, 1.807) is 0 Å². The van der Waals surface area contributed by atoms with E-state index in [0.29, 0.717) is 6.08 Å². The number of nitrogens with one attached hydrogen (secondary N) is 1. The molecular weight excluding hydrogens is 534 g/mol. The zero-order chi connectivity index (χ0) is 27.9. The largest absolute Gasteiger partial charge is 0.475 e. The minimum atomic E-state index is -5.14. The Hall–Kier alpha value is -1.45. The Morgan fingerprint density at radius 2 is 1.69 bits per heavy atom. The molecule has 18 heteroatoms. The average Bonchev–Trinajstić information content (AvgIpc) is 2.69. The lowest BCUT2D eigenvalue weighted by molar-refractivity contribution is -0.255. The third kappa shape index (κ3) is 6.90. The molecule has 1 saturated heterocycles. The summed E-state index contributed by atoms with van der Waals surface area (Å²) in [4.78, 5) is 11.4. The number of aliphatic hydroxyl groups is 3. The number of aliphatic hydroxyl groups excluding tert-OH is 3. The molecule has 0 amide bonds. The van der Waals surface area contributed by atoms with Crippen molar-refractivity contribution in [3.63, 3.8) is 0 Å². The molecule has 1 fully saturated rings. The summed E-state index contributed by atoms with van der Waals surface area (Å²) in [6.45, 7) is 3.49. The second-order valence-electron chi connectivity index (χ2n) is 9.59. The molecule has 2 aliphatic heterocycles. The van der Waals surface area contributed by atoms with Crippen LogP contribution in [-0.4, -0.2) is 114 Å². The first kappa shape index (κ1) is 30.8. The van der Waals surface area contributed by atoms with E-state index >= 15 is 0 Å². The van der Waals surface area contributed by atoms with Gasteiger partial charge in [0.1, 0.15) is 6.10 Å². The fraction of sp³-hybridized carbons (Fsp3) is 0.833. The van der Waals surface area contributed by atoms with Crippen molar-refractivity contribution >= 4 is 26.7 Å². The highest BCUT2D eigenvalue weighted by molar-refractivity contribution is 7.83. The second kappa shape index (κ2) is 10.4. The highest BCUT2D eigenvalue weighted by Gasteiger charge is 2.57. The lowest BCUT2D eigenvalue weighted by Gasteiger charge is -2.54. The predicted octanol–water partition coefficient (Wildman–Crippen LogP) is -2.39. The predicted molar refractivity (Wildman–Crippen MR) is 117 cm³/mol. The molecule has 0 aromatic heterocycles. The van der Waals surface area contributed by atoms with E-state index < -0.39 is 99.3 Å². The fourth-order valence-corrected chi connectivity index (χ4v) is 5.57. The van der Waals surface area contributed by atoms with Crippen molar-refractivity contribution in [2.75, 3.05) is 19.8 Å². The van der Waals surface area contributed by atoms with Crippen LogP contribution in [0.4, 0.5) is 0 Å². The number of hydrogen-bond donors (Lipinski definition) is 7. The fourth-order valence-electron chi connectivity index (χ4n) is 4.25. The van der Waals surface area contributed by atoms with Crippen LogP contribution < -0.4 is 4.72 Å². The molecule has 3 unspecified atom stereocenters. The molecule has 0 aromatic rings. The number of carbonyl (C=O) groups is 1. The second-order valence-corrected chi connectivity index (χ2v) is 11.8. The number of carboxylic acid groups (broad SMARTS) is 1. The molecule has 16 nitrogen and oxygen atoms in total. The molecule has 2 rings (SSSR count). The Labute approximate surface area is 207 Å². The Balaban J connectivity index is 2.33. The number of hydrogen-bond acceptors (Lipinski definition) is 12. The number of ether oxygens (including phenoxy) is 3. The SMILES string of the molecule is CC1(C)OC(CO)[C@@](C)(COC[C@@]2(C)OC(C(=O)O)=C[C@@H](O)C2OS(=O)(=O)O)[C@@H](O)C1NS(=O)(=O)O. The molecule has 7 atom stereocenters. The highest BCUT2D eigenvalue weighted by atomic mass is 32.3. The van der Waals surface area contributed by atoms with Crippen LogP contribution in [0, 0.1) is 5.41 Å². The summed E-state index contributed by atoms with van der Waals surface area (Å²) in [7, 11) is -9.93. The van der Waals surface area contributed by atoms with Gasteiger partial charge in [0, 0.05) is 5.41 Å². The summed E-state index contributed by atoms with van der Waals surface area (Å²) in [5, 5.41) is 40.4. The van der Waals surface area contributed by atoms with E-state index in [9.17, 15) is 46.6 Å². The van der Waals surface area contributed by atoms with Crippen molar-refractivity contribution in [1.29, 1.82) is 0 Å². The van der Waals surface area contributed by atoms with E-state index in [1.807, 2.05) is 4.72 Å². The Bertz CT molecular complexity index is 1070. The molecule has 0 saturated carbocycles. The normalized spacial score (nSPS) is 37.1. The van der Waals surface area contributed by atoms with Crippen LogP contribution in [0.25, 0.3) is 0 Å². The first-order valence-electron chi connectivity index (χ1n) is 10.4. The van der Waals surface area contributed by atoms with Gasteiger partial charge >= 0.3 is 26.7 Å². The van der Waals surface area contributed by atoms with Gasteiger partial charge in [-0.05, 0) is 26.8 Å².